The summed E-state index contributed by atoms with van der Waals surface area (Å²) in [5, 5.41) is 5.39. The normalized spacial score (nSPS) is 10.9. The van der Waals surface area contributed by atoms with E-state index in [2.05, 4.69) is 56.3 Å². The summed E-state index contributed by atoms with van der Waals surface area (Å²) in [5.41, 5.74) is 2.30. The van der Waals surface area contributed by atoms with E-state index in [-0.39, 0.29) is 0 Å². The van der Waals surface area contributed by atoms with Gasteiger partial charge in [-0.25, -0.2) is 0 Å². The highest BCUT2D eigenvalue weighted by atomic mass is 79.9. The van der Waals surface area contributed by atoms with Crippen molar-refractivity contribution in [3.8, 4) is 0 Å². The van der Waals surface area contributed by atoms with Crippen molar-refractivity contribution in [2.75, 3.05) is 11.9 Å². The molecular formula is C16H14BrClN2. The predicted octanol–water partition coefficient (Wildman–Crippen LogP) is 5.17. The molecule has 0 aliphatic rings. The summed E-state index contributed by atoms with van der Waals surface area (Å²) in [7, 11) is 0. The van der Waals surface area contributed by atoms with Gasteiger partial charge in [0.1, 0.15) is 0 Å². The lowest BCUT2D eigenvalue weighted by Crippen LogP contribution is -2.09. The first-order valence-corrected chi connectivity index (χ1v) is 7.63. The van der Waals surface area contributed by atoms with Crippen molar-refractivity contribution < 1.29 is 0 Å². The molecule has 0 spiro atoms. The summed E-state index contributed by atoms with van der Waals surface area (Å²) < 4.78 is 3.36. The van der Waals surface area contributed by atoms with E-state index in [1.165, 1.54) is 10.9 Å². The van der Waals surface area contributed by atoms with Crippen LogP contribution in [0.1, 0.15) is 0 Å². The van der Waals surface area contributed by atoms with E-state index >= 15 is 0 Å². The van der Waals surface area contributed by atoms with Crippen LogP contribution in [0.5, 0.6) is 0 Å². The fourth-order valence-corrected chi connectivity index (χ4v) is 2.85. The van der Waals surface area contributed by atoms with Gasteiger partial charge in [-0.05, 0) is 42.5 Å². The third kappa shape index (κ3) is 3.00. The maximum Gasteiger partial charge on any atom is 0.0481 e. The highest BCUT2D eigenvalue weighted by Crippen LogP contribution is 2.21. The van der Waals surface area contributed by atoms with Crippen LogP contribution in [0.15, 0.2) is 59.2 Å². The Hall–Kier alpha value is -1.45. The van der Waals surface area contributed by atoms with Crippen LogP contribution in [0.2, 0.25) is 5.02 Å². The van der Waals surface area contributed by atoms with Gasteiger partial charge in [0.05, 0.1) is 0 Å². The molecule has 3 aromatic rings. The minimum absolute atomic E-state index is 0.756. The average molecular weight is 350 g/mol. The van der Waals surface area contributed by atoms with Crippen molar-refractivity contribution >= 4 is 44.1 Å². The van der Waals surface area contributed by atoms with Crippen LogP contribution < -0.4 is 5.32 Å². The van der Waals surface area contributed by atoms with Gasteiger partial charge in [-0.1, -0.05) is 33.6 Å². The fraction of sp³-hybridized carbons (Fsp3) is 0.125. The molecule has 0 unspecified atom stereocenters. The number of nitrogens with one attached hydrogen (secondary N) is 1. The van der Waals surface area contributed by atoms with Gasteiger partial charge in [0.2, 0.25) is 0 Å². The number of hydrogen-bond donors (Lipinski definition) is 1. The van der Waals surface area contributed by atoms with E-state index in [1.54, 1.807) is 0 Å². The molecule has 2 nitrogen and oxygen atoms in total. The maximum absolute atomic E-state index is 5.97. The van der Waals surface area contributed by atoms with Gasteiger partial charge in [0.15, 0.2) is 0 Å². The summed E-state index contributed by atoms with van der Waals surface area (Å²) in [6, 6.07) is 16.3. The first-order valence-electron chi connectivity index (χ1n) is 6.46. The lowest BCUT2D eigenvalue weighted by Gasteiger charge is -2.09. The number of anilines is 1. The Morgan fingerprint density at radius 1 is 1.10 bits per heavy atom. The SMILES string of the molecule is Clc1cccc(NCCn2ccc3cc(Br)ccc32)c1. The Morgan fingerprint density at radius 2 is 2.00 bits per heavy atom. The first kappa shape index (κ1) is 13.5. The number of rotatable bonds is 4. The van der Waals surface area contributed by atoms with E-state index in [0.29, 0.717) is 0 Å². The summed E-state index contributed by atoms with van der Waals surface area (Å²) in [5.74, 6) is 0. The molecule has 1 heterocycles. The molecule has 0 aliphatic heterocycles. The average Bonchev–Trinajstić information content (AvgIpc) is 2.81. The summed E-state index contributed by atoms with van der Waals surface area (Å²) in [6.07, 6.45) is 2.12. The van der Waals surface area contributed by atoms with E-state index < -0.39 is 0 Å². The lowest BCUT2D eigenvalue weighted by atomic mass is 10.2. The number of fused-ring (bicyclic) bond motifs is 1. The highest BCUT2D eigenvalue weighted by molar-refractivity contribution is 9.10. The smallest absolute Gasteiger partial charge is 0.0481 e. The van der Waals surface area contributed by atoms with E-state index in [4.69, 9.17) is 11.6 Å². The second kappa shape index (κ2) is 5.90. The first-order chi connectivity index (χ1) is 9.72. The summed E-state index contributed by atoms with van der Waals surface area (Å²) in [6.45, 7) is 1.78. The van der Waals surface area contributed by atoms with E-state index in [1.807, 2.05) is 24.3 Å². The zero-order valence-corrected chi connectivity index (χ0v) is 13.2. The van der Waals surface area contributed by atoms with Crippen LogP contribution in [-0.4, -0.2) is 11.1 Å². The minimum atomic E-state index is 0.756. The van der Waals surface area contributed by atoms with Crippen molar-refractivity contribution in [3.05, 3.63) is 64.2 Å². The number of aromatic nitrogens is 1. The zero-order valence-electron chi connectivity index (χ0n) is 10.8. The standard InChI is InChI=1S/C16H14BrClN2/c17-13-4-5-16-12(10-13)6-8-20(16)9-7-19-15-3-1-2-14(18)11-15/h1-6,8,10-11,19H,7,9H2. The topological polar surface area (TPSA) is 17.0 Å². The van der Waals surface area contributed by atoms with Crippen molar-refractivity contribution in [2.24, 2.45) is 0 Å². The van der Waals surface area contributed by atoms with Crippen molar-refractivity contribution in [3.63, 3.8) is 0 Å². The molecule has 0 amide bonds. The molecule has 3 rings (SSSR count). The van der Waals surface area contributed by atoms with Crippen LogP contribution >= 0.6 is 27.5 Å². The van der Waals surface area contributed by atoms with Crippen LogP contribution in [0.4, 0.5) is 5.69 Å². The number of halogens is 2. The second-order valence-electron chi connectivity index (χ2n) is 4.65. The third-order valence-electron chi connectivity index (χ3n) is 3.24. The largest absolute Gasteiger partial charge is 0.383 e. The minimum Gasteiger partial charge on any atom is -0.383 e. The molecule has 102 valence electrons. The van der Waals surface area contributed by atoms with Crippen LogP contribution in [-0.2, 0) is 6.54 Å². The van der Waals surface area contributed by atoms with Crippen molar-refractivity contribution in [2.45, 2.75) is 6.54 Å². The van der Waals surface area contributed by atoms with Gasteiger partial charge in [0, 0.05) is 45.4 Å². The molecule has 2 aromatic carbocycles. The molecule has 4 heteroatoms. The van der Waals surface area contributed by atoms with Crippen LogP contribution in [0.25, 0.3) is 10.9 Å². The highest BCUT2D eigenvalue weighted by Gasteiger charge is 2.01. The quantitative estimate of drug-likeness (QED) is 0.687. The zero-order chi connectivity index (χ0) is 13.9. The van der Waals surface area contributed by atoms with Crippen LogP contribution in [0, 0.1) is 0 Å². The maximum atomic E-state index is 5.97. The van der Waals surface area contributed by atoms with Crippen molar-refractivity contribution in [1.82, 2.24) is 4.57 Å². The molecular weight excluding hydrogens is 336 g/mol. The molecule has 0 bridgehead atoms. The Balaban J connectivity index is 1.68. The van der Waals surface area contributed by atoms with Gasteiger partial charge in [-0.3, -0.25) is 0 Å². The molecule has 0 radical (unpaired) electrons. The Kier molecular flexibility index (Phi) is 3.99. The Bertz CT molecular complexity index is 736. The van der Waals surface area contributed by atoms with Crippen LogP contribution in [0.3, 0.4) is 0 Å². The third-order valence-corrected chi connectivity index (χ3v) is 3.97. The lowest BCUT2D eigenvalue weighted by molar-refractivity contribution is 0.757. The van der Waals surface area contributed by atoms with Gasteiger partial charge in [-0.15, -0.1) is 0 Å². The van der Waals surface area contributed by atoms with Gasteiger partial charge in [-0.2, -0.15) is 0 Å². The molecule has 0 saturated heterocycles. The molecule has 0 atom stereocenters. The molecule has 0 saturated carbocycles. The summed E-state index contributed by atoms with van der Waals surface area (Å²) in [4.78, 5) is 0. The molecule has 0 fully saturated rings. The molecule has 20 heavy (non-hydrogen) atoms. The fourth-order valence-electron chi connectivity index (χ4n) is 2.29. The predicted molar refractivity (Wildman–Crippen MR) is 89.6 cm³/mol. The summed E-state index contributed by atoms with van der Waals surface area (Å²) >= 11 is 9.46. The number of hydrogen-bond acceptors (Lipinski definition) is 1. The van der Waals surface area contributed by atoms with Crippen molar-refractivity contribution in [1.29, 1.82) is 0 Å². The second-order valence-corrected chi connectivity index (χ2v) is 6.00. The van der Waals surface area contributed by atoms with E-state index in [9.17, 15) is 0 Å². The molecule has 1 N–H and O–H groups in total. The van der Waals surface area contributed by atoms with Gasteiger partial charge < -0.3 is 9.88 Å². The van der Waals surface area contributed by atoms with Gasteiger partial charge in [0.25, 0.3) is 0 Å². The monoisotopic (exact) mass is 348 g/mol. The number of benzene rings is 2. The molecule has 1 aromatic heterocycles. The Morgan fingerprint density at radius 3 is 2.85 bits per heavy atom. The van der Waals surface area contributed by atoms with E-state index in [0.717, 1.165) is 28.3 Å². The Labute approximate surface area is 131 Å². The molecule has 0 aliphatic carbocycles. The number of nitrogens with zero attached hydrogens (tertiary/aromatic N) is 1. The van der Waals surface area contributed by atoms with Gasteiger partial charge >= 0.3 is 0 Å².